The summed E-state index contributed by atoms with van der Waals surface area (Å²) in [6.45, 7) is 2.50. The second kappa shape index (κ2) is 9.40. The van der Waals surface area contributed by atoms with Gasteiger partial charge in [0, 0.05) is 51.3 Å². The van der Waals surface area contributed by atoms with Crippen LogP contribution in [-0.2, 0) is 18.4 Å². The second-order valence-electron chi connectivity index (χ2n) is 8.48. The number of benzene rings is 1. The molecule has 0 spiro atoms. The molecule has 3 aromatic rings. The van der Waals surface area contributed by atoms with Crippen molar-refractivity contribution in [3.8, 4) is 11.4 Å². The van der Waals surface area contributed by atoms with Crippen molar-refractivity contribution in [1.29, 1.82) is 0 Å². The van der Waals surface area contributed by atoms with E-state index in [2.05, 4.69) is 15.1 Å². The highest BCUT2D eigenvalue weighted by atomic mass is 19.2. The van der Waals surface area contributed by atoms with Crippen molar-refractivity contribution in [2.75, 3.05) is 25.0 Å². The maximum atomic E-state index is 14.5. The minimum Gasteiger partial charge on any atom is -0.341 e. The largest absolute Gasteiger partial charge is 0.341 e. The normalized spacial score (nSPS) is 14.5. The number of hydrogen-bond donors (Lipinski definition) is 0. The van der Waals surface area contributed by atoms with E-state index in [0.29, 0.717) is 43.6 Å². The van der Waals surface area contributed by atoms with Crippen LogP contribution >= 0.6 is 0 Å². The number of aryl methyl sites for hydroxylation is 2. The molecule has 1 saturated heterocycles. The van der Waals surface area contributed by atoms with Crippen molar-refractivity contribution in [1.82, 2.24) is 24.6 Å². The van der Waals surface area contributed by atoms with Gasteiger partial charge in [-0.3, -0.25) is 9.48 Å². The van der Waals surface area contributed by atoms with Gasteiger partial charge in [0.15, 0.2) is 17.5 Å². The van der Waals surface area contributed by atoms with E-state index >= 15 is 0 Å². The molecule has 7 nitrogen and oxygen atoms in total. The maximum Gasteiger partial charge on any atom is 0.226 e. The zero-order valence-electron chi connectivity index (χ0n) is 19.0. The number of halogens is 4. The van der Waals surface area contributed by atoms with Crippen LogP contribution in [-0.4, -0.2) is 50.7 Å². The summed E-state index contributed by atoms with van der Waals surface area (Å²) in [4.78, 5) is 24.6. The fourth-order valence-corrected chi connectivity index (χ4v) is 4.26. The number of rotatable bonds is 5. The number of nitrogens with zero attached hydrogens (tertiary/aromatic N) is 6. The van der Waals surface area contributed by atoms with Gasteiger partial charge in [-0.2, -0.15) is 5.10 Å². The Hall–Kier alpha value is -3.50. The summed E-state index contributed by atoms with van der Waals surface area (Å²) in [5, 5.41) is 4.14. The summed E-state index contributed by atoms with van der Waals surface area (Å²) >= 11 is 0. The van der Waals surface area contributed by atoms with Gasteiger partial charge in [-0.25, -0.2) is 27.5 Å². The zero-order valence-corrected chi connectivity index (χ0v) is 19.0. The average Bonchev–Trinajstić information content (AvgIpc) is 3.14. The summed E-state index contributed by atoms with van der Waals surface area (Å²) in [6.07, 6.45) is 3.71. The molecule has 0 N–H and O–H groups in total. The molecule has 1 amide bonds. The number of carbonyl (C=O) groups is 1. The number of anilines is 1. The molecule has 0 saturated carbocycles. The Bertz CT molecular complexity index is 1200. The van der Waals surface area contributed by atoms with Crippen LogP contribution in [0.2, 0.25) is 0 Å². The van der Waals surface area contributed by atoms with E-state index in [-0.39, 0.29) is 29.6 Å². The maximum absolute atomic E-state index is 14.5. The first-order valence-electron chi connectivity index (χ1n) is 10.8. The third-order valence-corrected chi connectivity index (χ3v) is 6.06. The van der Waals surface area contributed by atoms with Gasteiger partial charge in [0.05, 0.1) is 18.1 Å². The van der Waals surface area contributed by atoms with E-state index < -0.39 is 23.3 Å². The van der Waals surface area contributed by atoms with Gasteiger partial charge in [0.2, 0.25) is 11.9 Å². The molecule has 0 radical (unpaired) electrons. The standard InChI is InChI=1S/C23H24F4N6O/c1-13-10-29-32(3)21(13)20-18(26)11-28-23(30-20)33-6-4-14(5-7-33)22(34)31(2)12-15-8-16(24)9-17(25)19(15)27/h8-11,14H,4-7,12H2,1-3H3. The highest BCUT2D eigenvalue weighted by Crippen LogP contribution is 2.28. The molecule has 0 bridgehead atoms. The third-order valence-electron chi connectivity index (χ3n) is 6.06. The van der Waals surface area contributed by atoms with Crippen LogP contribution in [0.1, 0.15) is 24.0 Å². The van der Waals surface area contributed by atoms with Gasteiger partial charge in [0.25, 0.3) is 0 Å². The Morgan fingerprint density at radius 3 is 2.47 bits per heavy atom. The van der Waals surface area contributed by atoms with Gasteiger partial charge in [0.1, 0.15) is 11.5 Å². The number of piperidine rings is 1. The summed E-state index contributed by atoms with van der Waals surface area (Å²) in [7, 11) is 3.18. The van der Waals surface area contributed by atoms with Crippen molar-refractivity contribution in [2.45, 2.75) is 26.3 Å². The van der Waals surface area contributed by atoms with Crippen LogP contribution in [0.25, 0.3) is 11.4 Å². The number of aromatic nitrogens is 4. The Morgan fingerprint density at radius 2 is 1.82 bits per heavy atom. The molecule has 11 heteroatoms. The SMILES string of the molecule is Cc1cnn(C)c1-c1nc(N2CCC(C(=O)N(C)Cc3cc(F)cc(F)c3F)CC2)ncc1F. The first kappa shape index (κ1) is 23.7. The minimum absolute atomic E-state index is 0.157. The highest BCUT2D eigenvalue weighted by molar-refractivity contribution is 5.79. The van der Waals surface area contributed by atoms with Crippen LogP contribution in [0.3, 0.4) is 0 Å². The molecule has 0 unspecified atom stereocenters. The van der Waals surface area contributed by atoms with Crippen molar-refractivity contribution >= 4 is 11.9 Å². The van der Waals surface area contributed by atoms with Gasteiger partial charge >= 0.3 is 0 Å². The topological polar surface area (TPSA) is 67.2 Å². The van der Waals surface area contributed by atoms with Crippen molar-refractivity contribution in [3.05, 3.63) is 58.9 Å². The smallest absolute Gasteiger partial charge is 0.226 e. The molecular weight excluding hydrogens is 452 g/mol. The lowest BCUT2D eigenvalue weighted by Gasteiger charge is -2.33. The van der Waals surface area contributed by atoms with Crippen molar-refractivity contribution in [3.63, 3.8) is 0 Å². The minimum atomic E-state index is -1.29. The lowest BCUT2D eigenvalue weighted by molar-refractivity contribution is -0.135. The predicted molar refractivity (Wildman–Crippen MR) is 117 cm³/mol. The van der Waals surface area contributed by atoms with Crippen molar-refractivity contribution in [2.24, 2.45) is 13.0 Å². The molecule has 0 atom stereocenters. The first-order valence-corrected chi connectivity index (χ1v) is 10.8. The molecule has 2 aromatic heterocycles. The Kier molecular flexibility index (Phi) is 6.54. The molecule has 0 aliphatic carbocycles. The monoisotopic (exact) mass is 476 g/mol. The van der Waals surface area contributed by atoms with Crippen LogP contribution in [0.4, 0.5) is 23.5 Å². The molecule has 1 fully saturated rings. The quantitative estimate of drug-likeness (QED) is 0.416. The van der Waals surface area contributed by atoms with Gasteiger partial charge in [-0.05, 0) is 31.4 Å². The van der Waals surface area contributed by atoms with Crippen LogP contribution in [0.5, 0.6) is 0 Å². The fraction of sp³-hybridized carbons (Fsp3) is 0.391. The molecule has 3 heterocycles. The fourth-order valence-electron chi connectivity index (χ4n) is 4.26. The third kappa shape index (κ3) is 4.59. The van der Waals surface area contributed by atoms with E-state index in [9.17, 15) is 22.4 Å². The molecule has 1 aliphatic rings. The van der Waals surface area contributed by atoms with Crippen LogP contribution < -0.4 is 4.90 Å². The van der Waals surface area contributed by atoms with Crippen molar-refractivity contribution < 1.29 is 22.4 Å². The van der Waals surface area contributed by atoms with E-state index in [1.165, 1.54) is 11.9 Å². The second-order valence-corrected chi connectivity index (χ2v) is 8.48. The predicted octanol–water partition coefficient (Wildman–Crippen LogP) is 3.62. The number of hydrogen-bond acceptors (Lipinski definition) is 5. The first-order chi connectivity index (χ1) is 16.2. The Balaban J connectivity index is 1.43. The number of amides is 1. The van der Waals surface area contributed by atoms with E-state index in [0.717, 1.165) is 17.8 Å². The average molecular weight is 476 g/mol. The van der Waals surface area contributed by atoms with E-state index in [1.807, 2.05) is 11.8 Å². The van der Waals surface area contributed by atoms with Gasteiger partial charge < -0.3 is 9.80 Å². The lowest BCUT2D eigenvalue weighted by Crippen LogP contribution is -2.41. The van der Waals surface area contributed by atoms with E-state index in [1.54, 1.807) is 17.9 Å². The van der Waals surface area contributed by atoms with Gasteiger partial charge in [-0.1, -0.05) is 0 Å². The molecule has 1 aromatic carbocycles. The van der Waals surface area contributed by atoms with E-state index in [4.69, 9.17) is 0 Å². The molecule has 180 valence electrons. The Morgan fingerprint density at radius 1 is 1.12 bits per heavy atom. The molecular formula is C23H24F4N6O. The van der Waals surface area contributed by atoms with Crippen LogP contribution in [0, 0.1) is 36.1 Å². The van der Waals surface area contributed by atoms with Gasteiger partial charge in [-0.15, -0.1) is 0 Å². The summed E-state index contributed by atoms with van der Waals surface area (Å²) in [5.41, 5.74) is 1.29. The molecule has 34 heavy (non-hydrogen) atoms. The molecule has 1 aliphatic heterocycles. The summed E-state index contributed by atoms with van der Waals surface area (Å²) in [5.74, 6) is -4.13. The highest BCUT2D eigenvalue weighted by Gasteiger charge is 2.29. The number of carbonyl (C=O) groups excluding carboxylic acids is 1. The summed E-state index contributed by atoms with van der Waals surface area (Å²) < 4.78 is 56.9. The van der Waals surface area contributed by atoms with Crippen LogP contribution in [0.15, 0.2) is 24.5 Å². The zero-order chi connectivity index (χ0) is 24.6. The summed E-state index contributed by atoms with van der Waals surface area (Å²) in [6, 6.07) is 1.35. The molecule has 4 rings (SSSR count). The Labute approximate surface area is 194 Å². The lowest BCUT2D eigenvalue weighted by atomic mass is 9.95.